The van der Waals surface area contributed by atoms with Crippen LogP contribution in [0, 0.1) is 0 Å². The van der Waals surface area contributed by atoms with E-state index in [0.29, 0.717) is 24.4 Å². The van der Waals surface area contributed by atoms with E-state index in [9.17, 15) is 0 Å². The van der Waals surface area contributed by atoms with Crippen molar-refractivity contribution in [1.29, 1.82) is 0 Å². The van der Waals surface area contributed by atoms with Crippen LogP contribution in [-0.4, -0.2) is 41.3 Å². The molecule has 2 aromatic heterocycles. The lowest BCUT2D eigenvalue weighted by Crippen LogP contribution is -2.32. The molecule has 0 saturated carbocycles. The van der Waals surface area contributed by atoms with Gasteiger partial charge >= 0.3 is 0 Å². The normalized spacial score (nSPS) is 19.4. The first-order valence-electron chi connectivity index (χ1n) is 6.21. The van der Waals surface area contributed by atoms with Crippen molar-refractivity contribution >= 4 is 27.3 Å². The summed E-state index contributed by atoms with van der Waals surface area (Å²) in [4.78, 5) is 3.26. The molecule has 1 aliphatic rings. The van der Waals surface area contributed by atoms with E-state index in [1.807, 2.05) is 12.1 Å². The van der Waals surface area contributed by atoms with Crippen molar-refractivity contribution in [3.8, 4) is 10.8 Å². The van der Waals surface area contributed by atoms with Gasteiger partial charge in [0.15, 0.2) is 0 Å². The van der Waals surface area contributed by atoms with Crippen LogP contribution in [0.3, 0.4) is 0 Å². The van der Waals surface area contributed by atoms with Gasteiger partial charge in [0.05, 0.1) is 15.2 Å². The van der Waals surface area contributed by atoms with E-state index >= 15 is 0 Å². The molecule has 0 bridgehead atoms. The fourth-order valence-corrected chi connectivity index (χ4v) is 3.51. The zero-order chi connectivity index (χ0) is 13.2. The highest BCUT2D eigenvalue weighted by atomic mass is 79.9. The second-order valence-electron chi connectivity index (χ2n) is 4.67. The number of aromatic nitrogens is 2. The van der Waals surface area contributed by atoms with E-state index < -0.39 is 0 Å². The largest absolute Gasteiger partial charge is 0.419 e. The minimum Gasteiger partial charge on any atom is -0.419 e. The summed E-state index contributed by atoms with van der Waals surface area (Å²) in [5.41, 5.74) is 0. The van der Waals surface area contributed by atoms with E-state index in [2.05, 4.69) is 43.4 Å². The molecule has 3 heterocycles. The molecule has 7 heteroatoms. The van der Waals surface area contributed by atoms with Gasteiger partial charge in [0.2, 0.25) is 5.89 Å². The predicted octanol–water partition coefficient (Wildman–Crippen LogP) is 2.35. The minimum absolute atomic E-state index is 0.561. The SMILES string of the molecule is CN(Cc1nnc(-c2ccc(Br)s2)o1)C1CCNC1. The Kier molecular flexibility index (Phi) is 3.97. The average molecular weight is 343 g/mol. The third kappa shape index (κ3) is 3.05. The highest BCUT2D eigenvalue weighted by Gasteiger charge is 2.21. The third-order valence-electron chi connectivity index (χ3n) is 3.29. The molecule has 0 amide bonds. The van der Waals surface area contributed by atoms with Crippen LogP contribution in [0.1, 0.15) is 12.3 Å². The van der Waals surface area contributed by atoms with Crippen LogP contribution in [-0.2, 0) is 6.54 Å². The maximum atomic E-state index is 5.72. The molecule has 1 unspecified atom stereocenters. The molecule has 5 nitrogen and oxygen atoms in total. The van der Waals surface area contributed by atoms with Gasteiger partial charge < -0.3 is 9.73 Å². The first kappa shape index (κ1) is 13.2. The van der Waals surface area contributed by atoms with Gasteiger partial charge in [0.25, 0.3) is 5.89 Å². The lowest BCUT2D eigenvalue weighted by atomic mass is 10.2. The van der Waals surface area contributed by atoms with Crippen LogP contribution in [0.5, 0.6) is 0 Å². The molecule has 0 aromatic carbocycles. The maximum absolute atomic E-state index is 5.72. The van der Waals surface area contributed by atoms with Gasteiger partial charge in [0.1, 0.15) is 0 Å². The summed E-state index contributed by atoms with van der Waals surface area (Å²) < 4.78 is 6.78. The molecule has 1 N–H and O–H groups in total. The van der Waals surface area contributed by atoms with Crippen LogP contribution in [0.25, 0.3) is 10.8 Å². The van der Waals surface area contributed by atoms with E-state index in [0.717, 1.165) is 21.8 Å². The van der Waals surface area contributed by atoms with Crippen molar-refractivity contribution < 1.29 is 4.42 Å². The number of hydrogen-bond donors (Lipinski definition) is 1. The number of rotatable bonds is 4. The Morgan fingerprint density at radius 1 is 1.53 bits per heavy atom. The quantitative estimate of drug-likeness (QED) is 0.924. The van der Waals surface area contributed by atoms with E-state index in [-0.39, 0.29) is 0 Å². The van der Waals surface area contributed by atoms with Crippen molar-refractivity contribution in [1.82, 2.24) is 20.4 Å². The molecule has 1 aliphatic heterocycles. The topological polar surface area (TPSA) is 54.2 Å². The zero-order valence-electron chi connectivity index (χ0n) is 10.6. The number of likely N-dealkylation sites (N-methyl/N-ethyl adjacent to an activating group) is 1. The number of nitrogens with one attached hydrogen (secondary N) is 1. The molecular formula is C12H15BrN4OS. The van der Waals surface area contributed by atoms with Crippen LogP contribution >= 0.6 is 27.3 Å². The minimum atomic E-state index is 0.561. The van der Waals surface area contributed by atoms with Crippen molar-refractivity contribution in [2.75, 3.05) is 20.1 Å². The smallest absolute Gasteiger partial charge is 0.257 e. The highest BCUT2D eigenvalue weighted by molar-refractivity contribution is 9.11. The number of halogens is 1. The van der Waals surface area contributed by atoms with E-state index in [1.165, 1.54) is 6.42 Å². The summed E-state index contributed by atoms with van der Waals surface area (Å²) in [6.45, 7) is 2.83. The Morgan fingerprint density at radius 3 is 3.11 bits per heavy atom. The Balaban J connectivity index is 1.67. The van der Waals surface area contributed by atoms with E-state index in [1.54, 1.807) is 11.3 Å². The zero-order valence-corrected chi connectivity index (χ0v) is 13.0. The summed E-state index contributed by atoms with van der Waals surface area (Å²) in [6.07, 6.45) is 1.18. The lowest BCUT2D eigenvalue weighted by molar-refractivity contribution is 0.226. The molecule has 19 heavy (non-hydrogen) atoms. The Hall–Kier alpha value is -0.760. The summed E-state index contributed by atoms with van der Waals surface area (Å²) in [5, 5.41) is 11.6. The Bertz CT molecular complexity index is 549. The predicted molar refractivity (Wildman–Crippen MR) is 78.1 cm³/mol. The molecule has 0 radical (unpaired) electrons. The Labute approximate surface area is 124 Å². The van der Waals surface area contributed by atoms with Crippen molar-refractivity contribution in [2.45, 2.75) is 19.0 Å². The van der Waals surface area contributed by atoms with Gasteiger partial charge in [0, 0.05) is 12.6 Å². The molecule has 3 rings (SSSR count). The molecule has 102 valence electrons. The van der Waals surface area contributed by atoms with Crippen LogP contribution in [0.15, 0.2) is 20.3 Å². The van der Waals surface area contributed by atoms with Gasteiger partial charge in [-0.25, -0.2) is 0 Å². The molecule has 0 aliphatic carbocycles. The van der Waals surface area contributed by atoms with Crippen molar-refractivity contribution in [2.24, 2.45) is 0 Å². The van der Waals surface area contributed by atoms with Gasteiger partial charge in [-0.3, -0.25) is 4.90 Å². The molecule has 1 atom stereocenters. The van der Waals surface area contributed by atoms with Crippen LogP contribution in [0.2, 0.25) is 0 Å². The van der Waals surface area contributed by atoms with Crippen LogP contribution in [0.4, 0.5) is 0 Å². The highest BCUT2D eigenvalue weighted by Crippen LogP contribution is 2.30. The number of nitrogens with zero attached hydrogens (tertiary/aromatic N) is 3. The molecule has 1 fully saturated rings. The standard InChI is InChI=1S/C12H15BrN4OS/c1-17(8-4-5-14-6-8)7-11-15-16-12(18-11)9-2-3-10(13)19-9/h2-3,8,14H,4-7H2,1H3. The summed E-state index contributed by atoms with van der Waals surface area (Å²) in [7, 11) is 2.10. The third-order valence-corrected chi connectivity index (χ3v) is 4.90. The fourth-order valence-electron chi connectivity index (χ4n) is 2.20. The molecule has 0 spiro atoms. The lowest BCUT2D eigenvalue weighted by Gasteiger charge is -2.21. The van der Waals surface area contributed by atoms with Crippen molar-refractivity contribution in [3.63, 3.8) is 0 Å². The summed E-state index contributed by atoms with van der Waals surface area (Å²) >= 11 is 5.03. The van der Waals surface area contributed by atoms with Crippen LogP contribution < -0.4 is 5.32 Å². The average Bonchev–Trinajstić information content (AvgIpc) is 3.07. The number of thiophene rings is 1. The van der Waals surface area contributed by atoms with Gasteiger partial charge in [-0.2, -0.15) is 0 Å². The van der Waals surface area contributed by atoms with Gasteiger partial charge in [-0.15, -0.1) is 21.5 Å². The molecule has 1 saturated heterocycles. The monoisotopic (exact) mass is 342 g/mol. The molecular weight excluding hydrogens is 328 g/mol. The fraction of sp³-hybridized carbons (Fsp3) is 0.500. The van der Waals surface area contributed by atoms with Gasteiger partial charge in [-0.1, -0.05) is 0 Å². The second-order valence-corrected chi connectivity index (χ2v) is 7.13. The second kappa shape index (κ2) is 5.70. The first-order valence-corrected chi connectivity index (χ1v) is 7.82. The maximum Gasteiger partial charge on any atom is 0.257 e. The Morgan fingerprint density at radius 2 is 2.42 bits per heavy atom. The van der Waals surface area contributed by atoms with Gasteiger partial charge in [-0.05, 0) is 48.1 Å². The van der Waals surface area contributed by atoms with E-state index in [4.69, 9.17) is 4.42 Å². The summed E-state index contributed by atoms with van der Waals surface area (Å²) in [5.74, 6) is 1.28. The first-order chi connectivity index (χ1) is 9.22. The number of hydrogen-bond acceptors (Lipinski definition) is 6. The summed E-state index contributed by atoms with van der Waals surface area (Å²) in [6, 6.07) is 4.53. The molecule has 2 aromatic rings. The van der Waals surface area contributed by atoms with Crippen molar-refractivity contribution in [3.05, 3.63) is 21.8 Å².